The van der Waals surface area contributed by atoms with Crippen LogP contribution in [-0.2, 0) is 0 Å². The maximum absolute atomic E-state index is 13.0. The molecule has 18 heavy (non-hydrogen) atoms. The van der Waals surface area contributed by atoms with Gasteiger partial charge < -0.3 is 5.32 Å². The van der Waals surface area contributed by atoms with E-state index in [2.05, 4.69) is 11.2 Å². The molecule has 1 nitrogen and oxygen atoms in total. The van der Waals surface area contributed by atoms with Gasteiger partial charge in [0.1, 0.15) is 0 Å². The van der Waals surface area contributed by atoms with Crippen LogP contribution in [0.15, 0.2) is 0 Å². The van der Waals surface area contributed by atoms with Crippen molar-refractivity contribution in [2.24, 2.45) is 11.8 Å². The van der Waals surface area contributed by atoms with Gasteiger partial charge in [-0.25, -0.2) is 0 Å². The summed E-state index contributed by atoms with van der Waals surface area (Å²) in [4.78, 5) is 0. The van der Waals surface area contributed by atoms with Gasteiger partial charge in [-0.2, -0.15) is 13.2 Å². The molecule has 0 aromatic rings. The highest BCUT2D eigenvalue weighted by Gasteiger charge is 2.47. The number of hydrogen-bond donors (Lipinski definition) is 1. The van der Waals surface area contributed by atoms with E-state index >= 15 is 0 Å². The fourth-order valence-corrected chi connectivity index (χ4v) is 2.88. The number of rotatable bonds is 5. The fraction of sp³-hybridized carbons (Fsp3) is 0.857. The van der Waals surface area contributed by atoms with Crippen LogP contribution in [0.3, 0.4) is 0 Å². The predicted octanol–water partition coefficient (Wildman–Crippen LogP) is 3.75. The lowest BCUT2D eigenvalue weighted by atomic mass is 9.74. The van der Waals surface area contributed by atoms with Crippen LogP contribution in [0, 0.1) is 24.2 Å². The molecule has 1 rings (SSSR count). The summed E-state index contributed by atoms with van der Waals surface area (Å²) in [6, 6.07) is -0.193. The van der Waals surface area contributed by atoms with Crippen molar-refractivity contribution >= 4 is 0 Å². The Kier molecular flexibility index (Phi) is 6.01. The van der Waals surface area contributed by atoms with E-state index in [0.29, 0.717) is 19.3 Å². The molecule has 104 valence electrons. The first-order valence-electron chi connectivity index (χ1n) is 6.74. The fourth-order valence-electron chi connectivity index (χ4n) is 2.88. The van der Waals surface area contributed by atoms with Crippen LogP contribution in [0.1, 0.15) is 45.4 Å². The van der Waals surface area contributed by atoms with Gasteiger partial charge in [0, 0.05) is 12.5 Å². The van der Waals surface area contributed by atoms with E-state index in [1.807, 2.05) is 6.92 Å². The average Bonchev–Trinajstić information content (AvgIpc) is 2.33. The molecule has 1 fully saturated rings. The number of alkyl halides is 3. The van der Waals surface area contributed by atoms with Gasteiger partial charge in [-0.3, -0.25) is 0 Å². The number of terminal acetylenes is 1. The molecule has 0 saturated heterocycles. The molecule has 4 heteroatoms. The molecule has 0 spiro atoms. The zero-order chi connectivity index (χ0) is 13.6. The highest BCUT2D eigenvalue weighted by Crippen LogP contribution is 2.43. The molecule has 0 radical (unpaired) electrons. The van der Waals surface area contributed by atoms with E-state index < -0.39 is 12.1 Å². The van der Waals surface area contributed by atoms with Gasteiger partial charge in [-0.1, -0.05) is 19.8 Å². The zero-order valence-corrected chi connectivity index (χ0v) is 10.9. The number of halogens is 3. The number of hydrogen-bond acceptors (Lipinski definition) is 1. The van der Waals surface area contributed by atoms with E-state index in [9.17, 15) is 13.2 Å². The largest absolute Gasteiger partial charge is 0.392 e. The van der Waals surface area contributed by atoms with Crippen molar-refractivity contribution in [1.82, 2.24) is 5.32 Å². The molecule has 0 bridgehead atoms. The predicted molar refractivity (Wildman–Crippen MR) is 67.0 cm³/mol. The van der Waals surface area contributed by atoms with Crippen LogP contribution in [0.4, 0.5) is 13.2 Å². The molecule has 3 atom stereocenters. The first-order chi connectivity index (χ1) is 8.50. The summed E-state index contributed by atoms with van der Waals surface area (Å²) in [5.74, 6) is 0.970. The van der Waals surface area contributed by atoms with Crippen molar-refractivity contribution in [3.8, 4) is 12.3 Å². The molecule has 3 unspecified atom stereocenters. The minimum atomic E-state index is -4.09. The third kappa shape index (κ3) is 4.20. The highest BCUT2D eigenvalue weighted by atomic mass is 19.4. The van der Waals surface area contributed by atoms with E-state index in [0.717, 1.165) is 19.4 Å². The Morgan fingerprint density at radius 1 is 1.33 bits per heavy atom. The van der Waals surface area contributed by atoms with Crippen LogP contribution in [0.25, 0.3) is 0 Å². The van der Waals surface area contributed by atoms with Crippen molar-refractivity contribution in [2.45, 2.75) is 57.7 Å². The third-order valence-electron chi connectivity index (χ3n) is 3.75. The summed E-state index contributed by atoms with van der Waals surface area (Å²) in [7, 11) is 0. The Labute approximate surface area is 108 Å². The molecule has 0 heterocycles. The first-order valence-corrected chi connectivity index (χ1v) is 6.74. The lowest BCUT2D eigenvalue weighted by Crippen LogP contribution is -2.45. The molecule has 1 saturated carbocycles. The van der Waals surface area contributed by atoms with E-state index in [1.165, 1.54) is 0 Å². The first kappa shape index (κ1) is 15.4. The van der Waals surface area contributed by atoms with Gasteiger partial charge in [0.25, 0.3) is 0 Å². The van der Waals surface area contributed by atoms with Crippen molar-refractivity contribution < 1.29 is 13.2 Å². The molecule has 1 N–H and O–H groups in total. The molecular formula is C14H22F3N. The Balaban J connectivity index is 2.75. The summed E-state index contributed by atoms with van der Waals surface area (Å²) in [5, 5.41) is 3.20. The second-order valence-electron chi connectivity index (χ2n) is 5.07. The normalized spacial score (nSPS) is 26.6. The van der Waals surface area contributed by atoms with Crippen molar-refractivity contribution in [1.29, 1.82) is 0 Å². The van der Waals surface area contributed by atoms with Gasteiger partial charge in [0.05, 0.1) is 5.92 Å². The molecular weight excluding hydrogens is 239 g/mol. The maximum Gasteiger partial charge on any atom is 0.392 e. The zero-order valence-electron chi connectivity index (χ0n) is 10.9. The van der Waals surface area contributed by atoms with Gasteiger partial charge in [-0.15, -0.1) is 12.3 Å². The lowest BCUT2D eigenvalue weighted by Gasteiger charge is -2.38. The Morgan fingerprint density at radius 2 is 2.00 bits per heavy atom. The second-order valence-corrected chi connectivity index (χ2v) is 5.07. The summed E-state index contributed by atoms with van der Waals surface area (Å²) < 4.78 is 39.1. The van der Waals surface area contributed by atoms with Crippen molar-refractivity contribution in [3.63, 3.8) is 0 Å². The Bertz CT molecular complexity index is 280. The van der Waals surface area contributed by atoms with Crippen LogP contribution in [0.2, 0.25) is 0 Å². The number of nitrogens with one attached hydrogen (secondary N) is 1. The smallest absolute Gasteiger partial charge is 0.313 e. The molecule has 0 aliphatic heterocycles. The molecule has 0 aromatic heterocycles. The summed E-state index contributed by atoms with van der Waals surface area (Å²) in [6.07, 6.45) is 4.94. The Hall–Kier alpha value is -0.690. The van der Waals surface area contributed by atoms with E-state index in [-0.39, 0.29) is 18.4 Å². The van der Waals surface area contributed by atoms with Crippen LogP contribution in [0.5, 0.6) is 0 Å². The van der Waals surface area contributed by atoms with Crippen LogP contribution >= 0.6 is 0 Å². The van der Waals surface area contributed by atoms with Gasteiger partial charge >= 0.3 is 6.18 Å². The SMILES string of the molecule is C#CCC(NCCC)C1CCCCC1C(F)(F)F. The second kappa shape index (κ2) is 7.04. The topological polar surface area (TPSA) is 12.0 Å². The summed E-state index contributed by atoms with van der Waals surface area (Å²) in [5.41, 5.74) is 0. The van der Waals surface area contributed by atoms with E-state index in [4.69, 9.17) is 6.42 Å². The van der Waals surface area contributed by atoms with Crippen LogP contribution < -0.4 is 5.32 Å². The maximum atomic E-state index is 13.0. The highest BCUT2D eigenvalue weighted by molar-refractivity contribution is 4.96. The van der Waals surface area contributed by atoms with Gasteiger partial charge in [0.2, 0.25) is 0 Å². The molecule has 0 amide bonds. The summed E-state index contributed by atoms with van der Waals surface area (Å²) >= 11 is 0. The summed E-state index contributed by atoms with van der Waals surface area (Å²) in [6.45, 7) is 2.73. The van der Waals surface area contributed by atoms with Gasteiger partial charge in [0.15, 0.2) is 0 Å². The monoisotopic (exact) mass is 261 g/mol. The van der Waals surface area contributed by atoms with E-state index in [1.54, 1.807) is 0 Å². The Morgan fingerprint density at radius 3 is 2.56 bits per heavy atom. The third-order valence-corrected chi connectivity index (χ3v) is 3.75. The molecule has 0 aromatic carbocycles. The minimum Gasteiger partial charge on any atom is -0.313 e. The standard InChI is InChI=1S/C14H22F3N/c1-3-7-13(18-10-4-2)11-8-5-6-9-12(11)14(15,16)17/h1,11-13,18H,4-10H2,2H3. The lowest BCUT2D eigenvalue weighted by molar-refractivity contribution is -0.199. The minimum absolute atomic E-state index is 0.193. The average molecular weight is 261 g/mol. The van der Waals surface area contributed by atoms with Gasteiger partial charge in [-0.05, 0) is 31.7 Å². The van der Waals surface area contributed by atoms with Crippen molar-refractivity contribution in [2.75, 3.05) is 6.54 Å². The van der Waals surface area contributed by atoms with Crippen molar-refractivity contribution in [3.05, 3.63) is 0 Å². The molecule has 1 aliphatic rings. The van der Waals surface area contributed by atoms with Crippen LogP contribution in [-0.4, -0.2) is 18.8 Å². The quantitative estimate of drug-likeness (QED) is 0.743. The molecule has 1 aliphatic carbocycles.